The highest BCUT2D eigenvalue weighted by Crippen LogP contribution is 2.21. The van der Waals surface area contributed by atoms with Crippen molar-refractivity contribution in [3.8, 4) is 11.4 Å². The third kappa shape index (κ3) is 5.14. The number of nitrogens with zero attached hydrogens (tertiary/aromatic N) is 6. The number of thioether (sulfide) groups is 1. The minimum atomic E-state index is -0.165. The van der Waals surface area contributed by atoms with Crippen LogP contribution in [0.5, 0.6) is 5.75 Å². The topological polar surface area (TPSA) is 99.8 Å². The van der Waals surface area contributed by atoms with Crippen molar-refractivity contribution in [1.82, 2.24) is 30.0 Å². The molecule has 0 unspecified atom stereocenters. The number of ether oxygens (including phenoxy) is 1. The second-order valence-corrected chi connectivity index (χ2v) is 8.22. The van der Waals surface area contributed by atoms with Crippen molar-refractivity contribution >= 4 is 23.5 Å². The van der Waals surface area contributed by atoms with Gasteiger partial charge in [0.25, 0.3) is 0 Å². The zero-order valence-electron chi connectivity index (χ0n) is 18.0. The van der Waals surface area contributed by atoms with E-state index in [1.54, 1.807) is 28.7 Å². The van der Waals surface area contributed by atoms with Crippen molar-refractivity contribution in [2.24, 2.45) is 0 Å². The summed E-state index contributed by atoms with van der Waals surface area (Å²) in [6, 6.07) is 15.6. The van der Waals surface area contributed by atoms with Crippen LogP contribution < -0.4 is 10.1 Å². The predicted octanol–water partition coefficient (Wildman–Crippen LogP) is 3.26. The minimum absolute atomic E-state index is 0.165. The highest BCUT2D eigenvalue weighted by atomic mass is 32.2. The lowest BCUT2D eigenvalue weighted by atomic mass is 10.1. The van der Waals surface area contributed by atoms with Crippen LogP contribution in [0.1, 0.15) is 16.7 Å². The molecule has 0 atom stereocenters. The molecule has 0 bridgehead atoms. The lowest BCUT2D eigenvalue weighted by Crippen LogP contribution is -2.18. The molecule has 0 saturated heterocycles. The van der Waals surface area contributed by atoms with E-state index in [9.17, 15) is 4.79 Å². The van der Waals surface area contributed by atoms with Gasteiger partial charge in [0, 0.05) is 6.07 Å². The molecule has 0 fully saturated rings. The zero-order valence-corrected chi connectivity index (χ0v) is 18.8. The summed E-state index contributed by atoms with van der Waals surface area (Å²) >= 11 is 1.28. The van der Waals surface area contributed by atoms with E-state index in [0.717, 1.165) is 28.1 Å². The fourth-order valence-corrected chi connectivity index (χ4v) is 3.97. The standard InChI is InChI=1S/C22H23N7O2S/c1-15-10-16(2)12-18(11-15)29-22(25-26-27-29)32-14-21(30)24-20-8-9-23-28(20)13-17-4-6-19(31-3)7-5-17/h4-12H,13-14H2,1-3H3,(H,24,30). The second-order valence-electron chi connectivity index (χ2n) is 7.28. The Morgan fingerprint density at radius 1 is 1.09 bits per heavy atom. The normalized spacial score (nSPS) is 10.8. The molecule has 0 aliphatic heterocycles. The largest absolute Gasteiger partial charge is 0.497 e. The quantitative estimate of drug-likeness (QED) is 0.412. The van der Waals surface area contributed by atoms with Crippen LogP contribution in [0.15, 0.2) is 59.9 Å². The maximum absolute atomic E-state index is 12.6. The molecule has 9 nitrogen and oxygen atoms in total. The maximum atomic E-state index is 12.6. The highest BCUT2D eigenvalue weighted by Gasteiger charge is 2.14. The van der Waals surface area contributed by atoms with Crippen LogP contribution in [0, 0.1) is 13.8 Å². The molecule has 0 aliphatic carbocycles. The number of amides is 1. The van der Waals surface area contributed by atoms with Crippen LogP contribution in [-0.2, 0) is 11.3 Å². The molecule has 0 spiro atoms. The van der Waals surface area contributed by atoms with Crippen LogP contribution in [0.2, 0.25) is 0 Å². The summed E-state index contributed by atoms with van der Waals surface area (Å²) in [5, 5.41) is 19.7. The van der Waals surface area contributed by atoms with E-state index < -0.39 is 0 Å². The van der Waals surface area contributed by atoms with E-state index in [4.69, 9.17) is 4.74 Å². The number of anilines is 1. The van der Waals surface area contributed by atoms with Crippen molar-refractivity contribution < 1.29 is 9.53 Å². The predicted molar refractivity (Wildman–Crippen MR) is 122 cm³/mol. The van der Waals surface area contributed by atoms with E-state index in [-0.39, 0.29) is 11.7 Å². The molecule has 10 heteroatoms. The minimum Gasteiger partial charge on any atom is -0.497 e. The molecule has 0 radical (unpaired) electrons. The molecule has 2 aromatic heterocycles. The Kier molecular flexibility index (Phi) is 6.50. The van der Waals surface area contributed by atoms with Gasteiger partial charge in [0.2, 0.25) is 11.1 Å². The number of tetrazole rings is 1. The first-order chi connectivity index (χ1) is 15.5. The third-order valence-electron chi connectivity index (χ3n) is 4.70. The molecule has 1 amide bonds. The average Bonchev–Trinajstić information content (AvgIpc) is 3.42. The van der Waals surface area contributed by atoms with Crippen LogP contribution in [0.25, 0.3) is 5.69 Å². The van der Waals surface area contributed by atoms with Crippen LogP contribution >= 0.6 is 11.8 Å². The number of rotatable bonds is 8. The van der Waals surface area contributed by atoms with E-state index in [1.165, 1.54) is 11.8 Å². The lowest BCUT2D eigenvalue weighted by Gasteiger charge is -2.10. The Balaban J connectivity index is 1.39. The number of nitrogens with one attached hydrogen (secondary N) is 1. The molecule has 0 aliphatic rings. The van der Waals surface area contributed by atoms with Crippen LogP contribution in [-0.4, -0.2) is 48.8 Å². The Labute approximate surface area is 189 Å². The monoisotopic (exact) mass is 449 g/mol. The van der Waals surface area contributed by atoms with Gasteiger partial charge in [-0.15, -0.1) is 5.10 Å². The second kappa shape index (κ2) is 9.65. The summed E-state index contributed by atoms with van der Waals surface area (Å²) in [5.74, 6) is 1.42. The van der Waals surface area contributed by atoms with Gasteiger partial charge >= 0.3 is 0 Å². The maximum Gasteiger partial charge on any atom is 0.235 e. The summed E-state index contributed by atoms with van der Waals surface area (Å²) in [6.45, 7) is 4.58. The number of hydrogen-bond donors (Lipinski definition) is 1. The molecule has 0 saturated carbocycles. The van der Waals surface area contributed by atoms with Crippen molar-refractivity contribution in [3.05, 3.63) is 71.4 Å². The number of aryl methyl sites for hydroxylation is 2. The van der Waals surface area contributed by atoms with E-state index in [1.807, 2.05) is 50.2 Å². The summed E-state index contributed by atoms with van der Waals surface area (Å²) < 4.78 is 8.57. The van der Waals surface area contributed by atoms with Crippen molar-refractivity contribution in [2.45, 2.75) is 25.5 Å². The highest BCUT2D eigenvalue weighted by molar-refractivity contribution is 7.99. The average molecular weight is 450 g/mol. The first-order valence-corrected chi connectivity index (χ1v) is 10.9. The van der Waals surface area contributed by atoms with Gasteiger partial charge in [-0.25, -0.2) is 4.68 Å². The fraction of sp³-hybridized carbons (Fsp3) is 0.227. The first-order valence-electron chi connectivity index (χ1n) is 9.96. The molecule has 164 valence electrons. The summed E-state index contributed by atoms with van der Waals surface area (Å²) in [7, 11) is 1.63. The van der Waals surface area contributed by atoms with E-state index >= 15 is 0 Å². The van der Waals surface area contributed by atoms with Crippen LogP contribution in [0.3, 0.4) is 0 Å². The van der Waals surface area contributed by atoms with Gasteiger partial charge < -0.3 is 10.1 Å². The molecule has 2 aromatic carbocycles. The number of hydrogen-bond acceptors (Lipinski definition) is 7. The van der Waals surface area contributed by atoms with Crippen molar-refractivity contribution in [3.63, 3.8) is 0 Å². The van der Waals surface area contributed by atoms with Crippen LogP contribution in [0.4, 0.5) is 5.82 Å². The first kappa shape index (κ1) is 21.6. The molecule has 32 heavy (non-hydrogen) atoms. The van der Waals surface area contributed by atoms with Crippen molar-refractivity contribution in [2.75, 3.05) is 18.2 Å². The van der Waals surface area contributed by atoms with E-state index in [0.29, 0.717) is 17.5 Å². The van der Waals surface area contributed by atoms with E-state index in [2.05, 4.69) is 32.0 Å². The Hall–Kier alpha value is -3.66. The smallest absolute Gasteiger partial charge is 0.235 e. The van der Waals surface area contributed by atoms with Gasteiger partial charge in [-0.1, -0.05) is 30.0 Å². The fourth-order valence-electron chi connectivity index (χ4n) is 3.28. The summed E-state index contributed by atoms with van der Waals surface area (Å²) in [6.07, 6.45) is 1.66. The Morgan fingerprint density at radius 2 is 1.84 bits per heavy atom. The van der Waals surface area contributed by atoms with Gasteiger partial charge in [-0.2, -0.15) is 9.78 Å². The summed E-state index contributed by atoms with van der Waals surface area (Å²) in [5.41, 5.74) is 4.16. The van der Waals surface area contributed by atoms with Gasteiger partial charge in [0.1, 0.15) is 11.6 Å². The number of aromatic nitrogens is 6. The molecule has 4 aromatic rings. The number of carbonyl (C=O) groups excluding carboxylic acids is 1. The van der Waals surface area contributed by atoms with Gasteiger partial charge in [-0.3, -0.25) is 4.79 Å². The molecule has 1 N–H and O–H groups in total. The number of benzene rings is 2. The van der Waals surface area contributed by atoms with Gasteiger partial charge in [0.15, 0.2) is 0 Å². The van der Waals surface area contributed by atoms with Gasteiger partial charge in [0.05, 0.1) is 31.3 Å². The lowest BCUT2D eigenvalue weighted by molar-refractivity contribution is -0.113. The summed E-state index contributed by atoms with van der Waals surface area (Å²) in [4.78, 5) is 12.6. The third-order valence-corrected chi connectivity index (χ3v) is 5.62. The SMILES string of the molecule is COc1ccc(Cn2nccc2NC(=O)CSc2nnnn2-c2cc(C)cc(C)c2)cc1. The Bertz CT molecular complexity index is 1200. The molecular formula is C22H23N7O2S. The molecule has 4 rings (SSSR count). The molecule has 2 heterocycles. The van der Waals surface area contributed by atoms with Gasteiger partial charge in [-0.05, 0) is 65.2 Å². The number of methoxy groups -OCH3 is 1. The molecular weight excluding hydrogens is 426 g/mol. The zero-order chi connectivity index (χ0) is 22.5. The Morgan fingerprint density at radius 3 is 2.56 bits per heavy atom. The number of carbonyl (C=O) groups is 1. The van der Waals surface area contributed by atoms with Crippen molar-refractivity contribution in [1.29, 1.82) is 0 Å².